The van der Waals surface area contributed by atoms with Crippen LogP contribution in [0.3, 0.4) is 0 Å². The maximum Gasteiger partial charge on any atom is 0.408 e. The van der Waals surface area contributed by atoms with Gasteiger partial charge < -0.3 is 29.7 Å². The number of sulfonamides is 1. The minimum atomic E-state index is -4.18. The van der Waals surface area contributed by atoms with Gasteiger partial charge >= 0.3 is 6.09 Å². The molecule has 1 aromatic carbocycles. The van der Waals surface area contributed by atoms with E-state index in [1.54, 1.807) is 45.9 Å². The second-order valence-corrected chi connectivity index (χ2v) is 20.3. The fourth-order valence-electron chi connectivity index (χ4n) is 8.33. The van der Waals surface area contributed by atoms with Gasteiger partial charge in [0, 0.05) is 18.4 Å². The average Bonchev–Trinajstić information content (AvgIpc) is 4.10. The lowest BCUT2D eigenvalue weighted by atomic mass is 9.85. The number of hydrogen-bond acceptors (Lipinski definition) is 11. The van der Waals surface area contributed by atoms with Crippen LogP contribution in [0.5, 0.6) is 11.6 Å². The second kappa shape index (κ2) is 15.4. The summed E-state index contributed by atoms with van der Waals surface area (Å²) >= 11 is 0. The van der Waals surface area contributed by atoms with Gasteiger partial charge in [0.15, 0.2) is 0 Å². The van der Waals surface area contributed by atoms with Crippen molar-refractivity contribution in [3.8, 4) is 11.6 Å². The van der Waals surface area contributed by atoms with E-state index in [-0.39, 0.29) is 30.9 Å². The first kappa shape index (κ1) is 41.8. The minimum Gasteiger partial charge on any atom is -0.497 e. The summed E-state index contributed by atoms with van der Waals surface area (Å²) in [4.78, 5) is 67.5. The van der Waals surface area contributed by atoms with E-state index in [4.69, 9.17) is 24.2 Å². The molecule has 3 saturated carbocycles. The molecule has 8 atom stereocenters. The van der Waals surface area contributed by atoms with Crippen LogP contribution in [0.25, 0.3) is 11.0 Å². The van der Waals surface area contributed by atoms with Gasteiger partial charge in [-0.15, -0.1) is 0 Å². The number of amides is 4. The van der Waals surface area contributed by atoms with E-state index in [0.717, 1.165) is 32.1 Å². The number of aryl methyl sites for hydroxylation is 1. The molecule has 0 radical (unpaired) electrons. The maximum absolute atomic E-state index is 14.8. The van der Waals surface area contributed by atoms with Gasteiger partial charge in [-0.25, -0.2) is 32.0 Å². The summed E-state index contributed by atoms with van der Waals surface area (Å²) in [6.45, 7) is 8.29. The van der Waals surface area contributed by atoms with Crippen LogP contribution in [0.2, 0.25) is 0 Å². The number of alkyl halides is 2. The molecule has 58 heavy (non-hydrogen) atoms. The molecular formula is C40H54F2N6O9S. The van der Waals surface area contributed by atoms with Gasteiger partial charge in [-0.05, 0) is 81.3 Å². The van der Waals surface area contributed by atoms with Crippen molar-refractivity contribution in [1.82, 2.24) is 30.2 Å². The average molecular weight is 833 g/mol. The molecule has 3 heterocycles. The monoisotopic (exact) mass is 832 g/mol. The maximum atomic E-state index is 14.8. The molecule has 2 bridgehead atoms. The lowest BCUT2D eigenvalue weighted by molar-refractivity contribution is -0.143. The molecule has 5 aliphatic rings. The van der Waals surface area contributed by atoms with Crippen LogP contribution >= 0.6 is 0 Å². The minimum absolute atomic E-state index is 0.157. The van der Waals surface area contributed by atoms with Crippen molar-refractivity contribution in [2.75, 3.05) is 13.7 Å². The van der Waals surface area contributed by atoms with E-state index in [1.165, 1.54) is 18.9 Å². The molecule has 2 aromatic rings. The smallest absolute Gasteiger partial charge is 0.408 e. The fraction of sp³-hybridized carbons (Fsp3) is 0.700. The van der Waals surface area contributed by atoms with Crippen LogP contribution in [0, 0.1) is 23.2 Å². The van der Waals surface area contributed by atoms with E-state index < -0.39 is 92.4 Å². The van der Waals surface area contributed by atoms with Gasteiger partial charge in [0.1, 0.15) is 41.3 Å². The van der Waals surface area contributed by atoms with Crippen LogP contribution in [0.1, 0.15) is 98.1 Å². The van der Waals surface area contributed by atoms with E-state index in [1.807, 2.05) is 0 Å². The number of alkyl carbamates (subject to hydrolysis) is 1. The molecule has 1 unspecified atom stereocenters. The number of carbonyl (C=O) groups is 4. The molecule has 7 rings (SSSR count). The molecule has 2 aliphatic heterocycles. The Balaban J connectivity index is 1.25. The van der Waals surface area contributed by atoms with Crippen LogP contribution in [0.15, 0.2) is 18.2 Å². The molecule has 318 valence electrons. The number of benzene rings is 1. The standard InChI is InChI=1S/C40H54F2N6O9S/c1-21-29-20-48(31(21)33(49)46-40(19-23(40)17-30(41)42)36(51)47-58(53,54)39(5)14-15-39)35(50)32(38(2,3)4)45-37(52)57-28-16-22(28)10-8-7-9-11-26-34(56-29)44-27-18-24(55-6)12-13-25(27)43-26/h12-13,18,21-23,28-32H,7-11,14-17,19-20H2,1-6H3,(H,45,52)(H,46,49)(H,47,51)/t21-,22?,23-,28-,29+,31+,32-,40-/m1/s1. The summed E-state index contributed by atoms with van der Waals surface area (Å²) in [6, 6.07) is 2.79. The molecule has 3 N–H and O–H groups in total. The molecule has 1 aromatic heterocycles. The number of hydrogen-bond donors (Lipinski definition) is 3. The number of rotatable bonds is 8. The largest absolute Gasteiger partial charge is 0.497 e. The first-order valence-corrected chi connectivity index (χ1v) is 21.7. The van der Waals surface area contributed by atoms with Crippen molar-refractivity contribution in [1.29, 1.82) is 0 Å². The third-order valence-electron chi connectivity index (χ3n) is 12.6. The van der Waals surface area contributed by atoms with E-state index in [2.05, 4.69) is 15.4 Å². The molecule has 4 fully saturated rings. The highest BCUT2D eigenvalue weighted by Crippen LogP contribution is 2.49. The number of carbonyl (C=O) groups excluding carboxylic acids is 4. The fourth-order valence-corrected chi connectivity index (χ4v) is 9.65. The molecule has 15 nitrogen and oxygen atoms in total. The predicted octanol–water partition coefficient (Wildman–Crippen LogP) is 4.41. The third kappa shape index (κ3) is 8.39. The molecular weight excluding hydrogens is 779 g/mol. The molecule has 18 heteroatoms. The van der Waals surface area contributed by atoms with E-state index >= 15 is 0 Å². The van der Waals surface area contributed by atoms with Gasteiger partial charge in [0.25, 0.3) is 5.91 Å². The van der Waals surface area contributed by atoms with Crippen LogP contribution in [-0.2, 0) is 35.6 Å². The van der Waals surface area contributed by atoms with E-state index in [9.17, 15) is 36.4 Å². The van der Waals surface area contributed by atoms with E-state index in [0.29, 0.717) is 41.7 Å². The second-order valence-electron chi connectivity index (χ2n) is 18.1. The highest BCUT2D eigenvalue weighted by atomic mass is 32.2. The summed E-state index contributed by atoms with van der Waals surface area (Å²) in [5.74, 6) is -3.45. The lowest BCUT2D eigenvalue weighted by Crippen LogP contribution is -2.61. The Morgan fingerprint density at radius 2 is 1.83 bits per heavy atom. The predicted molar refractivity (Wildman–Crippen MR) is 206 cm³/mol. The van der Waals surface area contributed by atoms with Gasteiger partial charge in [-0.3, -0.25) is 19.1 Å². The topological polar surface area (TPSA) is 195 Å². The van der Waals surface area contributed by atoms with Crippen molar-refractivity contribution >= 4 is 44.9 Å². The number of aromatic nitrogens is 2. The zero-order valence-electron chi connectivity index (χ0n) is 33.8. The molecule has 1 saturated heterocycles. The summed E-state index contributed by atoms with van der Waals surface area (Å²) in [5, 5.41) is 5.40. The summed E-state index contributed by atoms with van der Waals surface area (Å²) in [5.41, 5.74) is -1.12. The normalized spacial score (nSPS) is 31.1. The van der Waals surface area contributed by atoms with Crippen molar-refractivity contribution in [3.05, 3.63) is 23.9 Å². The number of nitrogens with one attached hydrogen (secondary N) is 3. The van der Waals surface area contributed by atoms with Crippen LogP contribution in [-0.4, -0.2) is 102 Å². The van der Waals surface area contributed by atoms with Crippen molar-refractivity contribution in [2.24, 2.45) is 23.2 Å². The highest BCUT2D eigenvalue weighted by molar-refractivity contribution is 7.91. The van der Waals surface area contributed by atoms with Crippen LogP contribution < -0.4 is 24.8 Å². The molecule has 3 aliphatic carbocycles. The summed E-state index contributed by atoms with van der Waals surface area (Å²) in [6.07, 6.45) is -0.386. The zero-order valence-corrected chi connectivity index (χ0v) is 34.6. The summed E-state index contributed by atoms with van der Waals surface area (Å²) < 4.78 is 72.4. The zero-order chi connectivity index (χ0) is 41.9. The first-order chi connectivity index (χ1) is 27.2. The first-order valence-electron chi connectivity index (χ1n) is 20.2. The molecule has 4 amide bonds. The van der Waals surface area contributed by atoms with Crippen molar-refractivity contribution in [3.63, 3.8) is 0 Å². The summed E-state index contributed by atoms with van der Waals surface area (Å²) in [7, 11) is -2.65. The SMILES string of the molecule is COc1ccc2nc3c(nc2c1)O[C@H]1CN(C(=O)[C@H](C(C)(C)C)NC(=O)O[C@@H]2CC2CCCCC3)[C@H](C(=O)N[C@]2(C(=O)NS(=O)(=O)C3(C)CC3)C[C@H]2CC(F)F)[C@@H]1C. The number of halogens is 2. The molecule has 0 spiro atoms. The Bertz CT molecular complexity index is 2080. The Kier molecular flexibility index (Phi) is 11.1. The Morgan fingerprint density at radius 3 is 2.50 bits per heavy atom. The Morgan fingerprint density at radius 1 is 1.09 bits per heavy atom. The Hall–Kier alpha value is -4.35. The van der Waals surface area contributed by atoms with Gasteiger partial charge in [0.2, 0.25) is 34.1 Å². The Labute approximate surface area is 337 Å². The van der Waals surface area contributed by atoms with Gasteiger partial charge in [0.05, 0.1) is 29.4 Å². The third-order valence-corrected chi connectivity index (χ3v) is 14.8. The van der Waals surface area contributed by atoms with Crippen molar-refractivity contribution in [2.45, 2.75) is 140 Å². The van der Waals surface area contributed by atoms with Gasteiger partial charge in [-0.2, -0.15) is 0 Å². The number of nitrogens with zero attached hydrogens (tertiary/aromatic N) is 3. The number of fused-ring (bicyclic) bond motifs is 5. The quantitative estimate of drug-likeness (QED) is 0.341. The van der Waals surface area contributed by atoms with Gasteiger partial charge in [-0.1, -0.05) is 40.5 Å². The highest BCUT2D eigenvalue weighted by Gasteiger charge is 2.65. The van der Waals surface area contributed by atoms with Crippen LogP contribution in [0.4, 0.5) is 13.6 Å². The lowest BCUT2D eigenvalue weighted by Gasteiger charge is -2.36. The number of ether oxygens (including phenoxy) is 3. The number of methoxy groups -OCH3 is 1. The van der Waals surface area contributed by atoms with Crippen molar-refractivity contribution < 1.29 is 50.6 Å².